The lowest BCUT2D eigenvalue weighted by molar-refractivity contribution is -0.121. The zero-order valence-electron chi connectivity index (χ0n) is 8.75. The number of aryl methyl sites for hydroxylation is 1. The summed E-state index contributed by atoms with van der Waals surface area (Å²) in [7, 11) is 0. The van der Waals surface area contributed by atoms with Crippen LogP contribution in [0.15, 0.2) is 22.8 Å². The molecule has 0 saturated heterocycles. The van der Waals surface area contributed by atoms with E-state index in [1.807, 2.05) is 19.1 Å². The quantitative estimate of drug-likeness (QED) is 0.782. The lowest BCUT2D eigenvalue weighted by atomic mass is 10.2. The summed E-state index contributed by atoms with van der Waals surface area (Å²) in [6.07, 6.45) is 3.77. The Morgan fingerprint density at radius 2 is 2.43 bits per heavy atom. The Hall–Kier alpha value is -1.25. The summed E-state index contributed by atoms with van der Waals surface area (Å²) in [5.74, 6) is 0.958. The first-order valence-corrected chi connectivity index (χ1v) is 5.04. The van der Waals surface area contributed by atoms with E-state index in [2.05, 4.69) is 12.2 Å². The molecule has 1 N–H and O–H groups in total. The van der Waals surface area contributed by atoms with Crippen molar-refractivity contribution >= 4 is 5.91 Å². The van der Waals surface area contributed by atoms with Crippen LogP contribution in [0, 0.1) is 0 Å². The zero-order chi connectivity index (χ0) is 10.4. The highest BCUT2D eigenvalue weighted by Crippen LogP contribution is 2.03. The second-order valence-electron chi connectivity index (χ2n) is 3.46. The van der Waals surface area contributed by atoms with Crippen molar-refractivity contribution in [3.8, 4) is 0 Å². The van der Waals surface area contributed by atoms with Gasteiger partial charge >= 0.3 is 0 Å². The topological polar surface area (TPSA) is 42.2 Å². The molecule has 0 aromatic carbocycles. The maximum Gasteiger partial charge on any atom is 0.220 e. The Labute approximate surface area is 84.5 Å². The van der Waals surface area contributed by atoms with Gasteiger partial charge in [0, 0.05) is 18.9 Å². The molecule has 0 aliphatic carbocycles. The van der Waals surface area contributed by atoms with Gasteiger partial charge in [0.1, 0.15) is 5.76 Å². The molecule has 1 aromatic heterocycles. The van der Waals surface area contributed by atoms with E-state index in [-0.39, 0.29) is 11.9 Å². The van der Waals surface area contributed by atoms with Crippen molar-refractivity contribution in [2.24, 2.45) is 0 Å². The second-order valence-corrected chi connectivity index (χ2v) is 3.46. The second kappa shape index (κ2) is 5.47. The van der Waals surface area contributed by atoms with E-state index in [9.17, 15) is 4.79 Å². The summed E-state index contributed by atoms with van der Waals surface area (Å²) >= 11 is 0. The van der Waals surface area contributed by atoms with Crippen molar-refractivity contribution in [2.45, 2.75) is 39.2 Å². The van der Waals surface area contributed by atoms with Crippen molar-refractivity contribution in [1.82, 2.24) is 5.32 Å². The van der Waals surface area contributed by atoms with Crippen LogP contribution < -0.4 is 5.32 Å². The van der Waals surface area contributed by atoms with Gasteiger partial charge in [0.25, 0.3) is 0 Å². The zero-order valence-corrected chi connectivity index (χ0v) is 8.75. The van der Waals surface area contributed by atoms with E-state index in [4.69, 9.17) is 4.42 Å². The molecule has 1 rings (SSSR count). The summed E-state index contributed by atoms with van der Waals surface area (Å²) < 4.78 is 5.14. The Balaban J connectivity index is 2.22. The van der Waals surface area contributed by atoms with Crippen LogP contribution in [0.3, 0.4) is 0 Å². The molecule has 0 spiro atoms. The van der Waals surface area contributed by atoms with Crippen LogP contribution in [-0.4, -0.2) is 11.9 Å². The van der Waals surface area contributed by atoms with Gasteiger partial charge in [-0.1, -0.05) is 6.92 Å². The Morgan fingerprint density at radius 1 is 1.64 bits per heavy atom. The number of carbonyl (C=O) groups is 1. The monoisotopic (exact) mass is 195 g/mol. The van der Waals surface area contributed by atoms with E-state index in [1.165, 1.54) is 0 Å². The van der Waals surface area contributed by atoms with Gasteiger partial charge < -0.3 is 9.73 Å². The molecule has 0 fully saturated rings. The highest BCUT2D eigenvalue weighted by Gasteiger charge is 2.06. The average molecular weight is 195 g/mol. The molecule has 1 atom stereocenters. The van der Waals surface area contributed by atoms with Crippen molar-refractivity contribution in [1.29, 1.82) is 0 Å². The van der Waals surface area contributed by atoms with Gasteiger partial charge in [0.15, 0.2) is 0 Å². The van der Waals surface area contributed by atoms with E-state index in [0.29, 0.717) is 12.8 Å². The van der Waals surface area contributed by atoms with Gasteiger partial charge in [-0.3, -0.25) is 4.79 Å². The molecule has 1 heterocycles. The van der Waals surface area contributed by atoms with Gasteiger partial charge in [0.2, 0.25) is 5.91 Å². The fourth-order valence-electron chi connectivity index (χ4n) is 1.14. The minimum absolute atomic E-state index is 0.0933. The van der Waals surface area contributed by atoms with Crippen molar-refractivity contribution in [3.05, 3.63) is 24.2 Å². The molecule has 3 nitrogen and oxygen atoms in total. The molecule has 0 unspecified atom stereocenters. The lowest BCUT2D eigenvalue weighted by Crippen LogP contribution is -2.31. The van der Waals surface area contributed by atoms with Crippen LogP contribution in [-0.2, 0) is 11.2 Å². The number of carbonyl (C=O) groups excluding carboxylic acids is 1. The Kier molecular flexibility index (Phi) is 4.23. The number of rotatable bonds is 5. The summed E-state index contributed by atoms with van der Waals surface area (Å²) in [5, 5.41) is 2.91. The average Bonchev–Trinajstić information content (AvgIpc) is 2.67. The van der Waals surface area contributed by atoms with Crippen LogP contribution in [0.2, 0.25) is 0 Å². The lowest BCUT2D eigenvalue weighted by Gasteiger charge is -2.10. The van der Waals surface area contributed by atoms with E-state index >= 15 is 0 Å². The van der Waals surface area contributed by atoms with Gasteiger partial charge in [-0.15, -0.1) is 0 Å². The predicted octanol–water partition coefficient (Wildman–Crippen LogP) is 2.13. The van der Waals surface area contributed by atoms with E-state index in [0.717, 1.165) is 12.2 Å². The Bertz CT molecular complexity index is 267. The van der Waals surface area contributed by atoms with Crippen molar-refractivity contribution in [3.63, 3.8) is 0 Å². The first kappa shape index (κ1) is 10.8. The predicted molar refractivity (Wildman–Crippen MR) is 54.9 cm³/mol. The Morgan fingerprint density at radius 3 is 3.00 bits per heavy atom. The van der Waals surface area contributed by atoms with Crippen LogP contribution in [0.25, 0.3) is 0 Å². The summed E-state index contributed by atoms with van der Waals surface area (Å²) in [4.78, 5) is 11.4. The maximum absolute atomic E-state index is 11.4. The SMILES string of the molecule is CC[C@@H](C)NC(=O)CCc1ccco1. The first-order chi connectivity index (χ1) is 6.72. The summed E-state index contributed by atoms with van der Waals surface area (Å²) in [6.45, 7) is 4.06. The minimum Gasteiger partial charge on any atom is -0.469 e. The van der Waals surface area contributed by atoms with Crippen molar-refractivity contribution in [2.75, 3.05) is 0 Å². The third kappa shape index (κ3) is 3.64. The van der Waals surface area contributed by atoms with Gasteiger partial charge in [-0.2, -0.15) is 0 Å². The van der Waals surface area contributed by atoms with Crippen LogP contribution in [0.1, 0.15) is 32.4 Å². The van der Waals surface area contributed by atoms with Gasteiger partial charge in [-0.05, 0) is 25.5 Å². The van der Waals surface area contributed by atoms with Crippen LogP contribution in [0.4, 0.5) is 0 Å². The fraction of sp³-hybridized carbons (Fsp3) is 0.545. The minimum atomic E-state index is 0.0933. The standard InChI is InChI=1S/C11H17NO2/c1-3-9(2)12-11(13)7-6-10-5-4-8-14-10/h4-5,8-9H,3,6-7H2,1-2H3,(H,12,13)/t9-/m1/s1. The molecule has 0 saturated carbocycles. The molecule has 0 bridgehead atoms. The van der Waals surface area contributed by atoms with Gasteiger partial charge in [0.05, 0.1) is 6.26 Å². The normalized spacial score (nSPS) is 12.4. The molecule has 0 aliphatic heterocycles. The number of hydrogen-bond acceptors (Lipinski definition) is 2. The summed E-state index contributed by atoms with van der Waals surface area (Å²) in [6, 6.07) is 3.98. The molecule has 14 heavy (non-hydrogen) atoms. The molecule has 0 aliphatic rings. The first-order valence-electron chi connectivity index (χ1n) is 5.04. The molecular formula is C11H17NO2. The largest absolute Gasteiger partial charge is 0.469 e. The molecular weight excluding hydrogens is 178 g/mol. The van der Waals surface area contributed by atoms with Crippen LogP contribution >= 0.6 is 0 Å². The molecule has 3 heteroatoms. The number of hydrogen-bond donors (Lipinski definition) is 1. The van der Waals surface area contributed by atoms with E-state index in [1.54, 1.807) is 6.26 Å². The highest BCUT2D eigenvalue weighted by atomic mass is 16.3. The molecule has 78 valence electrons. The smallest absolute Gasteiger partial charge is 0.220 e. The molecule has 1 amide bonds. The molecule has 1 aromatic rings. The van der Waals surface area contributed by atoms with Crippen LogP contribution in [0.5, 0.6) is 0 Å². The maximum atomic E-state index is 11.4. The third-order valence-electron chi connectivity index (χ3n) is 2.20. The summed E-state index contributed by atoms with van der Waals surface area (Å²) in [5.41, 5.74) is 0. The fourth-order valence-corrected chi connectivity index (χ4v) is 1.14. The number of amides is 1. The number of nitrogens with one attached hydrogen (secondary N) is 1. The molecule has 0 radical (unpaired) electrons. The third-order valence-corrected chi connectivity index (χ3v) is 2.20. The number of furan rings is 1. The van der Waals surface area contributed by atoms with Gasteiger partial charge in [-0.25, -0.2) is 0 Å². The highest BCUT2D eigenvalue weighted by molar-refractivity contribution is 5.76. The van der Waals surface area contributed by atoms with Crippen molar-refractivity contribution < 1.29 is 9.21 Å². The van der Waals surface area contributed by atoms with E-state index < -0.39 is 0 Å².